The van der Waals surface area contributed by atoms with Gasteiger partial charge in [0.15, 0.2) is 11.5 Å². The van der Waals surface area contributed by atoms with Crippen LogP contribution in [0.1, 0.15) is 19.4 Å². The molecule has 0 radical (unpaired) electrons. The first kappa shape index (κ1) is 22.8. The van der Waals surface area contributed by atoms with Crippen molar-refractivity contribution in [3.05, 3.63) is 23.8 Å². The summed E-state index contributed by atoms with van der Waals surface area (Å²) < 4.78 is 11.3. The summed E-state index contributed by atoms with van der Waals surface area (Å²) in [5.41, 5.74) is 12.0. The Morgan fingerprint density at radius 2 is 1.72 bits per heavy atom. The summed E-state index contributed by atoms with van der Waals surface area (Å²) in [6.45, 7) is 3.55. The molecule has 1 heterocycles. The number of carbonyl (C=O) groups is 3. The van der Waals surface area contributed by atoms with Crippen LogP contribution in [0.4, 0.5) is 0 Å². The van der Waals surface area contributed by atoms with Gasteiger partial charge in [0.2, 0.25) is 11.7 Å². The van der Waals surface area contributed by atoms with Gasteiger partial charge in [-0.1, -0.05) is 6.07 Å². The van der Waals surface area contributed by atoms with Gasteiger partial charge < -0.3 is 36.5 Å². The summed E-state index contributed by atoms with van der Waals surface area (Å²) in [5.74, 6) is -2.68. The molecule has 1 amide bonds. The third kappa shape index (κ3) is 6.51. The minimum atomic E-state index is -1.24. The predicted octanol–water partition coefficient (Wildman–Crippen LogP) is -0.222. The van der Waals surface area contributed by atoms with Crippen LogP contribution in [0, 0.1) is 0 Å². The monoisotopic (exact) mass is 427 g/mol. The number of nitrogens with two attached hydrogens (primary N) is 2. The van der Waals surface area contributed by atoms with Crippen molar-refractivity contribution in [3.8, 4) is 11.5 Å². The maximum absolute atomic E-state index is 12.3. The van der Waals surface area contributed by atoms with E-state index in [1.807, 2.05) is 0 Å². The summed E-state index contributed by atoms with van der Waals surface area (Å²) in [4.78, 5) is 34.4. The number of aliphatic carboxylic acids is 2. The summed E-state index contributed by atoms with van der Waals surface area (Å²) >= 11 is 1.02. The van der Waals surface area contributed by atoms with Crippen molar-refractivity contribution in [1.29, 1.82) is 0 Å². The number of carbonyl (C=O) groups excluding carboxylic acids is 1. The maximum atomic E-state index is 12.3. The molecule has 0 aliphatic carbocycles. The molecule has 2 rings (SSSR count). The van der Waals surface area contributed by atoms with E-state index < -0.39 is 41.8 Å². The van der Waals surface area contributed by atoms with E-state index in [-0.39, 0.29) is 17.9 Å². The SMILES string of the molecule is CC1(C)Oc2ccc(C[C@H](N)C(=O)N[C@@H](CSC[C@H](N)C(=O)O)C(=O)O)cc2O1. The highest BCUT2D eigenvalue weighted by molar-refractivity contribution is 7.99. The normalized spacial score (nSPS) is 17.2. The number of carboxylic acids is 2. The van der Waals surface area contributed by atoms with Gasteiger partial charge in [-0.05, 0) is 24.1 Å². The number of nitrogens with one attached hydrogen (secondary N) is 1. The third-order valence-corrected chi connectivity index (χ3v) is 5.19. The second kappa shape index (κ2) is 9.33. The minimum Gasteiger partial charge on any atom is -0.480 e. The van der Waals surface area contributed by atoms with E-state index in [4.69, 9.17) is 26.0 Å². The largest absolute Gasteiger partial charge is 0.480 e. The van der Waals surface area contributed by atoms with E-state index in [0.717, 1.165) is 17.3 Å². The summed E-state index contributed by atoms with van der Waals surface area (Å²) in [5, 5.41) is 20.4. The van der Waals surface area contributed by atoms with Crippen molar-refractivity contribution < 1.29 is 34.1 Å². The lowest BCUT2D eigenvalue weighted by molar-refractivity contribution is -0.141. The molecule has 1 aromatic carbocycles. The van der Waals surface area contributed by atoms with Gasteiger partial charge in [-0.2, -0.15) is 11.8 Å². The molecule has 0 saturated carbocycles. The summed E-state index contributed by atoms with van der Waals surface area (Å²) in [6, 6.07) is 1.92. The van der Waals surface area contributed by atoms with Crippen molar-refractivity contribution in [1.82, 2.24) is 5.32 Å². The molecule has 0 fully saturated rings. The lowest BCUT2D eigenvalue weighted by Gasteiger charge is -2.18. The molecule has 10 nitrogen and oxygen atoms in total. The highest BCUT2D eigenvalue weighted by atomic mass is 32.2. The fourth-order valence-corrected chi connectivity index (χ4v) is 3.57. The molecule has 0 bridgehead atoms. The van der Waals surface area contributed by atoms with Crippen LogP contribution >= 0.6 is 11.8 Å². The number of thioether (sulfide) groups is 1. The Bertz CT molecular complexity index is 787. The number of carboxylic acid groups (broad SMARTS) is 2. The van der Waals surface area contributed by atoms with Crippen LogP contribution in [0.2, 0.25) is 0 Å². The van der Waals surface area contributed by atoms with Gasteiger partial charge in [0.25, 0.3) is 0 Å². The molecular formula is C18H25N3O7S. The van der Waals surface area contributed by atoms with Gasteiger partial charge in [0.05, 0.1) is 6.04 Å². The minimum absolute atomic E-state index is 0.0224. The zero-order valence-corrected chi connectivity index (χ0v) is 16.9. The van der Waals surface area contributed by atoms with Crippen LogP contribution in [0.15, 0.2) is 18.2 Å². The van der Waals surface area contributed by atoms with Crippen LogP contribution in [-0.2, 0) is 20.8 Å². The Morgan fingerprint density at radius 1 is 1.07 bits per heavy atom. The number of hydrogen-bond acceptors (Lipinski definition) is 8. The zero-order valence-electron chi connectivity index (χ0n) is 16.1. The Labute approximate surface area is 171 Å². The van der Waals surface area contributed by atoms with E-state index in [1.165, 1.54) is 0 Å². The molecule has 3 atom stereocenters. The number of rotatable bonds is 10. The van der Waals surface area contributed by atoms with Crippen LogP contribution < -0.4 is 26.3 Å². The highest BCUT2D eigenvalue weighted by Crippen LogP contribution is 2.39. The van der Waals surface area contributed by atoms with E-state index >= 15 is 0 Å². The van der Waals surface area contributed by atoms with Gasteiger partial charge in [-0.3, -0.25) is 9.59 Å². The molecule has 1 aromatic rings. The van der Waals surface area contributed by atoms with E-state index in [1.54, 1.807) is 32.0 Å². The Balaban J connectivity index is 1.90. The first-order valence-corrected chi connectivity index (χ1v) is 10.00. The lowest BCUT2D eigenvalue weighted by Crippen LogP contribution is -2.50. The smallest absolute Gasteiger partial charge is 0.327 e. The molecule has 0 aromatic heterocycles. The summed E-state index contributed by atoms with van der Waals surface area (Å²) in [6.07, 6.45) is 0.173. The Hall–Kier alpha value is -2.50. The second-order valence-electron chi connectivity index (χ2n) is 7.08. The molecule has 1 aliphatic heterocycles. The molecule has 0 saturated heterocycles. The average molecular weight is 427 g/mol. The van der Waals surface area contributed by atoms with E-state index in [0.29, 0.717) is 11.5 Å². The standard InChI is InChI=1S/C18H25N3O7S/c1-18(2)27-13-4-3-9(6-14(13)28-18)5-10(19)15(22)21-12(17(25)26)8-29-7-11(20)16(23)24/h3-4,6,10-12H,5,7-8,19-20H2,1-2H3,(H,21,22)(H,23,24)(H,25,26)/t10-,11-,12-/m0/s1. The van der Waals surface area contributed by atoms with Crippen molar-refractivity contribution >= 4 is 29.6 Å². The molecular weight excluding hydrogens is 402 g/mol. The molecule has 0 unspecified atom stereocenters. The van der Waals surface area contributed by atoms with E-state index in [2.05, 4.69) is 5.32 Å². The molecule has 160 valence electrons. The lowest BCUT2D eigenvalue weighted by atomic mass is 10.1. The van der Waals surface area contributed by atoms with Gasteiger partial charge >= 0.3 is 11.9 Å². The van der Waals surface area contributed by atoms with Crippen molar-refractivity contribution in [2.75, 3.05) is 11.5 Å². The van der Waals surface area contributed by atoms with Gasteiger partial charge in [0.1, 0.15) is 12.1 Å². The third-order valence-electron chi connectivity index (χ3n) is 4.03. The number of ether oxygens (including phenoxy) is 2. The van der Waals surface area contributed by atoms with Gasteiger partial charge in [-0.25, -0.2) is 4.79 Å². The number of benzene rings is 1. The molecule has 29 heavy (non-hydrogen) atoms. The average Bonchev–Trinajstić information content (AvgIpc) is 2.93. The first-order valence-electron chi connectivity index (χ1n) is 8.84. The predicted molar refractivity (Wildman–Crippen MR) is 106 cm³/mol. The van der Waals surface area contributed by atoms with Gasteiger partial charge in [-0.15, -0.1) is 0 Å². The van der Waals surface area contributed by atoms with Crippen molar-refractivity contribution in [2.24, 2.45) is 11.5 Å². The highest BCUT2D eigenvalue weighted by Gasteiger charge is 2.32. The molecule has 7 N–H and O–H groups in total. The van der Waals surface area contributed by atoms with Crippen LogP contribution in [0.3, 0.4) is 0 Å². The summed E-state index contributed by atoms with van der Waals surface area (Å²) in [7, 11) is 0. The van der Waals surface area contributed by atoms with E-state index in [9.17, 15) is 19.5 Å². The molecule has 1 aliphatic rings. The number of fused-ring (bicyclic) bond motifs is 1. The zero-order chi connectivity index (χ0) is 21.8. The van der Waals surface area contributed by atoms with Crippen LogP contribution in [0.25, 0.3) is 0 Å². The Morgan fingerprint density at radius 3 is 2.34 bits per heavy atom. The molecule has 11 heteroatoms. The Kier molecular flexibility index (Phi) is 7.33. The number of hydrogen-bond donors (Lipinski definition) is 5. The van der Waals surface area contributed by atoms with Crippen LogP contribution in [-0.4, -0.2) is 63.5 Å². The quantitative estimate of drug-likeness (QED) is 0.336. The second-order valence-corrected chi connectivity index (χ2v) is 8.15. The fraction of sp³-hybridized carbons (Fsp3) is 0.500. The number of amides is 1. The maximum Gasteiger partial charge on any atom is 0.327 e. The first-order chi connectivity index (χ1) is 13.5. The fourth-order valence-electron chi connectivity index (χ4n) is 2.58. The topological polar surface area (TPSA) is 174 Å². The molecule has 0 spiro atoms. The van der Waals surface area contributed by atoms with Crippen molar-refractivity contribution in [2.45, 2.75) is 44.2 Å². The van der Waals surface area contributed by atoms with Gasteiger partial charge in [0, 0.05) is 25.4 Å². The van der Waals surface area contributed by atoms with Crippen molar-refractivity contribution in [3.63, 3.8) is 0 Å². The van der Waals surface area contributed by atoms with Crippen LogP contribution in [0.5, 0.6) is 11.5 Å².